The Kier molecular flexibility index (Phi) is 5.13. The number of nitrogens with one attached hydrogen (secondary N) is 1. The van der Waals surface area contributed by atoms with E-state index >= 15 is 0 Å². The van der Waals surface area contributed by atoms with Crippen molar-refractivity contribution in [2.45, 2.75) is 32.6 Å². The highest BCUT2D eigenvalue weighted by atomic mass is 79.9. The highest BCUT2D eigenvalue weighted by molar-refractivity contribution is 9.10. The van der Waals surface area contributed by atoms with E-state index in [0.717, 1.165) is 31.4 Å². The molecule has 1 saturated carbocycles. The molecule has 1 N–H and O–H groups in total. The van der Waals surface area contributed by atoms with Crippen molar-refractivity contribution in [3.63, 3.8) is 0 Å². The van der Waals surface area contributed by atoms with Crippen molar-refractivity contribution < 1.29 is 13.6 Å². The molecule has 2 nitrogen and oxygen atoms in total. The van der Waals surface area contributed by atoms with Crippen LogP contribution in [0.15, 0.2) is 16.6 Å². The summed E-state index contributed by atoms with van der Waals surface area (Å²) in [6.07, 6.45) is 4.50. The van der Waals surface area contributed by atoms with Gasteiger partial charge in [0, 0.05) is 11.0 Å². The predicted molar refractivity (Wildman–Crippen MR) is 77.5 cm³/mol. The number of carbonyl (C=O) groups excluding carboxylic acids is 1. The van der Waals surface area contributed by atoms with Crippen LogP contribution in [0.1, 0.15) is 43.0 Å². The van der Waals surface area contributed by atoms with E-state index in [4.69, 9.17) is 0 Å². The van der Waals surface area contributed by atoms with E-state index in [-0.39, 0.29) is 4.47 Å². The van der Waals surface area contributed by atoms with Gasteiger partial charge in [-0.2, -0.15) is 0 Å². The lowest BCUT2D eigenvalue weighted by atomic mass is 9.82. The van der Waals surface area contributed by atoms with Gasteiger partial charge in [-0.3, -0.25) is 4.79 Å². The summed E-state index contributed by atoms with van der Waals surface area (Å²) in [5.41, 5.74) is -0.503. The van der Waals surface area contributed by atoms with Gasteiger partial charge >= 0.3 is 0 Å². The molecule has 110 valence electrons. The molecule has 0 aromatic heterocycles. The van der Waals surface area contributed by atoms with Crippen LogP contribution in [0.2, 0.25) is 0 Å². The summed E-state index contributed by atoms with van der Waals surface area (Å²) in [5.74, 6) is -1.29. The maximum atomic E-state index is 13.7. The molecule has 0 saturated heterocycles. The second-order valence-electron chi connectivity index (χ2n) is 5.59. The molecule has 20 heavy (non-hydrogen) atoms. The molecule has 2 atom stereocenters. The second kappa shape index (κ2) is 6.66. The minimum atomic E-state index is -0.841. The van der Waals surface area contributed by atoms with E-state index < -0.39 is 23.1 Å². The van der Waals surface area contributed by atoms with Crippen molar-refractivity contribution >= 4 is 21.8 Å². The van der Waals surface area contributed by atoms with E-state index in [0.29, 0.717) is 18.4 Å². The molecule has 1 aliphatic carbocycles. The summed E-state index contributed by atoms with van der Waals surface area (Å²) in [5, 5.41) is 2.66. The fourth-order valence-corrected chi connectivity index (χ4v) is 3.23. The molecule has 2 unspecified atom stereocenters. The van der Waals surface area contributed by atoms with Crippen molar-refractivity contribution in [2.75, 3.05) is 6.54 Å². The molecular formula is C15H18BrF2NO. The largest absolute Gasteiger partial charge is 0.352 e. The monoisotopic (exact) mass is 345 g/mol. The molecule has 5 heteroatoms. The Hall–Kier alpha value is -0.970. The van der Waals surface area contributed by atoms with Crippen molar-refractivity contribution in [1.29, 1.82) is 0 Å². The van der Waals surface area contributed by atoms with E-state index in [2.05, 4.69) is 28.2 Å². The molecule has 0 spiro atoms. The number of amides is 1. The van der Waals surface area contributed by atoms with Crippen molar-refractivity contribution in [3.05, 3.63) is 33.8 Å². The van der Waals surface area contributed by atoms with E-state index in [9.17, 15) is 13.6 Å². The van der Waals surface area contributed by atoms with E-state index in [1.165, 1.54) is 6.42 Å². The van der Waals surface area contributed by atoms with Crippen LogP contribution in [0.5, 0.6) is 0 Å². The van der Waals surface area contributed by atoms with Crippen LogP contribution in [0, 0.1) is 23.5 Å². The highest BCUT2D eigenvalue weighted by Gasteiger charge is 2.22. The smallest absolute Gasteiger partial charge is 0.257 e. The molecule has 2 rings (SSSR count). The zero-order valence-electron chi connectivity index (χ0n) is 11.4. The molecule has 1 fully saturated rings. The number of carbonyl (C=O) groups is 1. The van der Waals surface area contributed by atoms with Crippen LogP contribution in [-0.2, 0) is 0 Å². The van der Waals surface area contributed by atoms with Gasteiger partial charge in [-0.05, 0) is 36.8 Å². The average Bonchev–Trinajstić information content (AvgIpc) is 2.35. The third-order valence-corrected chi connectivity index (χ3v) is 4.29. The molecule has 1 aromatic carbocycles. The lowest BCUT2D eigenvalue weighted by Crippen LogP contribution is -2.32. The number of rotatable bonds is 3. The molecule has 0 bridgehead atoms. The van der Waals surface area contributed by atoms with Gasteiger partial charge < -0.3 is 5.32 Å². The summed E-state index contributed by atoms with van der Waals surface area (Å²) >= 11 is 2.99. The van der Waals surface area contributed by atoms with Gasteiger partial charge in [-0.25, -0.2) is 8.78 Å². The zero-order valence-corrected chi connectivity index (χ0v) is 13.0. The third kappa shape index (κ3) is 3.78. The van der Waals surface area contributed by atoms with Crippen LogP contribution in [0.3, 0.4) is 0 Å². The highest BCUT2D eigenvalue weighted by Crippen LogP contribution is 2.28. The summed E-state index contributed by atoms with van der Waals surface area (Å²) in [7, 11) is 0. The van der Waals surface area contributed by atoms with Gasteiger partial charge in [0.1, 0.15) is 17.2 Å². The van der Waals surface area contributed by atoms with Crippen LogP contribution in [0.25, 0.3) is 0 Å². The first-order valence-corrected chi connectivity index (χ1v) is 7.69. The van der Waals surface area contributed by atoms with Crippen LogP contribution in [0.4, 0.5) is 8.78 Å². The van der Waals surface area contributed by atoms with Crippen molar-refractivity contribution in [1.82, 2.24) is 5.32 Å². The second-order valence-corrected chi connectivity index (χ2v) is 6.51. The Bertz CT molecular complexity index is 484. The fourth-order valence-electron chi connectivity index (χ4n) is 2.83. The summed E-state index contributed by atoms with van der Waals surface area (Å²) in [6, 6.07) is 2.20. The summed E-state index contributed by atoms with van der Waals surface area (Å²) in [6.45, 7) is 2.68. The van der Waals surface area contributed by atoms with Gasteiger partial charge in [0.05, 0.1) is 0 Å². The standard InChI is InChI=1S/C15H18BrF2NO/c1-9-3-2-4-10(5-9)8-19-15(20)14-12(17)6-11(16)7-13(14)18/h6-7,9-10H,2-5,8H2,1H3,(H,19,20). The molecular weight excluding hydrogens is 328 g/mol. The molecule has 1 aromatic rings. The summed E-state index contributed by atoms with van der Waals surface area (Å²) < 4.78 is 27.6. The molecule has 0 aliphatic heterocycles. The van der Waals surface area contributed by atoms with Crippen LogP contribution < -0.4 is 5.32 Å². The minimum absolute atomic E-state index is 0.283. The topological polar surface area (TPSA) is 29.1 Å². The fraction of sp³-hybridized carbons (Fsp3) is 0.533. The Morgan fingerprint density at radius 2 is 2.00 bits per heavy atom. The first-order chi connectivity index (χ1) is 9.47. The molecule has 1 amide bonds. The van der Waals surface area contributed by atoms with Crippen molar-refractivity contribution in [3.8, 4) is 0 Å². The number of halogens is 3. The number of hydrogen-bond acceptors (Lipinski definition) is 1. The Balaban J connectivity index is 1.98. The zero-order chi connectivity index (χ0) is 14.7. The Morgan fingerprint density at radius 3 is 2.60 bits per heavy atom. The first-order valence-electron chi connectivity index (χ1n) is 6.90. The van der Waals surface area contributed by atoms with Crippen molar-refractivity contribution in [2.24, 2.45) is 11.8 Å². The number of benzene rings is 1. The molecule has 0 heterocycles. The molecule has 0 radical (unpaired) electrons. The minimum Gasteiger partial charge on any atom is -0.352 e. The normalized spacial score (nSPS) is 22.6. The van der Waals surface area contributed by atoms with Gasteiger partial charge in [-0.15, -0.1) is 0 Å². The van der Waals surface area contributed by atoms with E-state index in [1.807, 2.05) is 0 Å². The quantitative estimate of drug-likeness (QED) is 0.870. The predicted octanol–water partition coefficient (Wildman–Crippen LogP) is 4.28. The summed E-state index contributed by atoms with van der Waals surface area (Å²) in [4.78, 5) is 11.9. The average molecular weight is 346 g/mol. The van der Waals surface area contributed by atoms with E-state index in [1.54, 1.807) is 0 Å². The van der Waals surface area contributed by atoms with Crippen LogP contribution >= 0.6 is 15.9 Å². The van der Waals surface area contributed by atoms with Gasteiger partial charge in [0.2, 0.25) is 0 Å². The molecule has 1 aliphatic rings. The maximum absolute atomic E-state index is 13.7. The van der Waals surface area contributed by atoms with Gasteiger partial charge in [0.15, 0.2) is 0 Å². The Labute approximate surface area is 126 Å². The SMILES string of the molecule is CC1CCCC(CNC(=O)c2c(F)cc(Br)cc2F)C1. The van der Waals surface area contributed by atoms with Gasteiger partial charge in [0.25, 0.3) is 5.91 Å². The maximum Gasteiger partial charge on any atom is 0.257 e. The number of hydrogen-bond donors (Lipinski definition) is 1. The third-order valence-electron chi connectivity index (χ3n) is 3.83. The lowest BCUT2D eigenvalue weighted by Gasteiger charge is -2.26. The van der Waals surface area contributed by atoms with Crippen LogP contribution in [-0.4, -0.2) is 12.5 Å². The Morgan fingerprint density at radius 1 is 1.35 bits per heavy atom. The van der Waals surface area contributed by atoms with Gasteiger partial charge in [-0.1, -0.05) is 35.7 Å². The first kappa shape index (κ1) is 15.4. The lowest BCUT2D eigenvalue weighted by molar-refractivity contribution is 0.0932.